The van der Waals surface area contributed by atoms with Crippen molar-refractivity contribution in [1.82, 2.24) is 0 Å². The summed E-state index contributed by atoms with van der Waals surface area (Å²) in [6.07, 6.45) is 0. The molecule has 0 radical (unpaired) electrons. The zero-order valence-corrected chi connectivity index (χ0v) is 11.1. The molecular formula is C15H12ClNO2. The Labute approximate surface area is 116 Å². The molecule has 0 atom stereocenters. The summed E-state index contributed by atoms with van der Waals surface area (Å²) in [5.41, 5.74) is 1.27. The van der Waals surface area contributed by atoms with Crippen molar-refractivity contribution in [1.29, 1.82) is 0 Å². The molecule has 0 saturated heterocycles. The van der Waals surface area contributed by atoms with E-state index in [1.54, 1.807) is 42.5 Å². The number of hydrogen-bond donors (Lipinski definition) is 1. The molecule has 0 aliphatic rings. The second-order valence-electron chi connectivity index (χ2n) is 4.04. The average Bonchev–Trinajstić information content (AvgIpc) is 2.38. The maximum Gasteiger partial charge on any atom is 0.221 e. The van der Waals surface area contributed by atoms with E-state index in [2.05, 4.69) is 5.32 Å². The van der Waals surface area contributed by atoms with Crippen molar-refractivity contribution < 1.29 is 9.59 Å². The summed E-state index contributed by atoms with van der Waals surface area (Å²) >= 11 is 6.09. The number of carbonyl (C=O) groups is 2. The van der Waals surface area contributed by atoms with Gasteiger partial charge in [-0.15, -0.1) is 0 Å². The topological polar surface area (TPSA) is 46.2 Å². The van der Waals surface area contributed by atoms with E-state index in [4.69, 9.17) is 11.6 Å². The van der Waals surface area contributed by atoms with Crippen LogP contribution in [0.5, 0.6) is 0 Å². The summed E-state index contributed by atoms with van der Waals surface area (Å²) in [6.45, 7) is 1.39. The highest BCUT2D eigenvalue weighted by atomic mass is 35.5. The lowest BCUT2D eigenvalue weighted by Gasteiger charge is -2.10. The second-order valence-corrected chi connectivity index (χ2v) is 4.45. The highest BCUT2D eigenvalue weighted by molar-refractivity contribution is 6.36. The molecule has 3 nitrogen and oxygen atoms in total. The predicted octanol–water partition coefficient (Wildman–Crippen LogP) is 3.53. The summed E-state index contributed by atoms with van der Waals surface area (Å²) in [5, 5.41) is 2.94. The molecular weight excluding hydrogens is 262 g/mol. The van der Waals surface area contributed by atoms with Gasteiger partial charge in [0.25, 0.3) is 0 Å². The van der Waals surface area contributed by atoms with Gasteiger partial charge in [0.15, 0.2) is 5.78 Å². The number of anilines is 1. The van der Waals surface area contributed by atoms with Gasteiger partial charge in [0.2, 0.25) is 5.91 Å². The van der Waals surface area contributed by atoms with Gasteiger partial charge in [-0.3, -0.25) is 9.59 Å². The predicted molar refractivity (Wildman–Crippen MR) is 75.6 cm³/mol. The molecule has 1 N–H and O–H groups in total. The highest BCUT2D eigenvalue weighted by Gasteiger charge is 2.17. The van der Waals surface area contributed by atoms with Gasteiger partial charge in [-0.25, -0.2) is 0 Å². The molecule has 2 aromatic rings. The lowest BCUT2D eigenvalue weighted by Crippen LogP contribution is -2.12. The lowest BCUT2D eigenvalue weighted by molar-refractivity contribution is -0.114. The van der Waals surface area contributed by atoms with Gasteiger partial charge in [-0.1, -0.05) is 48.0 Å². The van der Waals surface area contributed by atoms with Gasteiger partial charge < -0.3 is 5.32 Å². The fraction of sp³-hybridized carbons (Fsp3) is 0.0667. The van der Waals surface area contributed by atoms with Crippen LogP contribution in [-0.2, 0) is 4.79 Å². The number of amides is 1. The van der Waals surface area contributed by atoms with Crippen molar-refractivity contribution in [2.45, 2.75) is 6.92 Å². The Bertz CT molecular complexity index is 623. The van der Waals surface area contributed by atoms with E-state index in [9.17, 15) is 9.59 Å². The number of ketones is 1. The smallest absolute Gasteiger partial charge is 0.221 e. The van der Waals surface area contributed by atoms with Crippen molar-refractivity contribution in [2.24, 2.45) is 0 Å². The molecule has 1 amide bonds. The molecule has 0 bridgehead atoms. The standard InChI is InChI=1S/C15H12ClNO2/c1-10(18)17-13-9-5-8-12(16)14(13)15(19)11-6-3-2-4-7-11/h2-9H,1H3,(H,17,18). The zero-order valence-electron chi connectivity index (χ0n) is 10.3. The number of halogens is 1. The van der Waals surface area contributed by atoms with Crippen LogP contribution in [0.25, 0.3) is 0 Å². The summed E-state index contributed by atoms with van der Waals surface area (Å²) < 4.78 is 0. The SMILES string of the molecule is CC(=O)Nc1cccc(Cl)c1C(=O)c1ccccc1. The van der Waals surface area contributed by atoms with E-state index in [0.717, 1.165) is 0 Å². The van der Waals surface area contributed by atoms with Crippen LogP contribution in [-0.4, -0.2) is 11.7 Å². The van der Waals surface area contributed by atoms with E-state index in [1.165, 1.54) is 6.92 Å². The number of benzene rings is 2. The van der Waals surface area contributed by atoms with Crippen LogP contribution in [0.1, 0.15) is 22.8 Å². The Morgan fingerprint density at radius 2 is 1.68 bits per heavy atom. The molecule has 0 aliphatic carbocycles. The van der Waals surface area contributed by atoms with Crippen LogP contribution in [0.15, 0.2) is 48.5 Å². The first-order chi connectivity index (χ1) is 9.09. The van der Waals surface area contributed by atoms with Gasteiger partial charge in [0, 0.05) is 12.5 Å². The minimum atomic E-state index is -0.246. The number of nitrogens with one attached hydrogen (secondary N) is 1. The van der Waals surface area contributed by atoms with Crippen molar-refractivity contribution in [3.05, 3.63) is 64.7 Å². The fourth-order valence-electron chi connectivity index (χ4n) is 1.78. The number of rotatable bonds is 3. The summed E-state index contributed by atoms with van der Waals surface area (Å²) in [4.78, 5) is 23.6. The third-order valence-corrected chi connectivity index (χ3v) is 2.90. The molecule has 0 spiro atoms. The molecule has 0 aromatic heterocycles. The summed E-state index contributed by atoms with van der Waals surface area (Å²) in [5.74, 6) is -0.459. The molecule has 4 heteroatoms. The minimum Gasteiger partial charge on any atom is -0.326 e. The van der Waals surface area contributed by atoms with Crippen LogP contribution in [0.3, 0.4) is 0 Å². The van der Waals surface area contributed by atoms with Gasteiger partial charge in [-0.05, 0) is 12.1 Å². The average molecular weight is 274 g/mol. The van der Waals surface area contributed by atoms with Crippen molar-refractivity contribution in [2.75, 3.05) is 5.32 Å². The van der Waals surface area contributed by atoms with Crippen LogP contribution in [0, 0.1) is 0 Å². The van der Waals surface area contributed by atoms with E-state index in [1.807, 2.05) is 6.07 Å². The number of hydrogen-bond acceptors (Lipinski definition) is 2. The first kappa shape index (κ1) is 13.3. The van der Waals surface area contributed by atoms with E-state index in [-0.39, 0.29) is 11.7 Å². The normalized spacial score (nSPS) is 10.0. The Balaban J connectivity index is 2.49. The molecule has 0 heterocycles. The molecule has 2 aromatic carbocycles. The first-order valence-electron chi connectivity index (χ1n) is 5.75. The van der Waals surface area contributed by atoms with Gasteiger partial charge in [0.1, 0.15) is 0 Å². The van der Waals surface area contributed by atoms with E-state index in [0.29, 0.717) is 21.8 Å². The Morgan fingerprint density at radius 3 is 2.32 bits per heavy atom. The lowest BCUT2D eigenvalue weighted by atomic mass is 10.0. The van der Waals surface area contributed by atoms with E-state index >= 15 is 0 Å². The summed E-state index contributed by atoms with van der Waals surface area (Å²) in [7, 11) is 0. The Hall–Kier alpha value is -2.13. The quantitative estimate of drug-likeness (QED) is 0.870. The molecule has 19 heavy (non-hydrogen) atoms. The van der Waals surface area contributed by atoms with Crippen molar-refractivity contribution in [3.8, 4) is 0 Å². The Kier molecular flexibility index (Phi) is 3.97. The molecule has 2 rings (SSSR count). The fourth-order valence-corrected chi connectivity index (χ4v) is 2.04. The molecule has 0 fully saturated rings. The third kappa shape index (κ3) is 3.01. The first-order valence-corrected chi connectivity index (χ1v) is 6.13. The van der Waals surface area contributed by atoms with E-state index < -0.39 is 0 Å². The number of carbonyl (C=O) groups excluding carboxylic acids is 2. The van der Waals surface area contributed by atoms with Crippen LogP contribution in [0.4, 0.5) is 5.69 Å². The van der Waals surface area contributed by atoms with Crippen molar-refractivity contribution in [3.63, 3.8) is 0 Å². The molecule has 0 unspecified atom stereocenters. The maximum absolute atomic E-state index is 12.4. The van der Waals surface area contributed by atoms with Gasteiger partial charge >= 0.3 is 0 Å². The molecule has 0 saturated carbocycles. The summed E-state index contributed by atoms with van der Waals surface area (Å²) in [6, 6.07) is 13.8. The maximum atomic E-state index is 12.4. The van der Waals surface area contributed by atoms with Gasteiger partial charge in [0.05, 0.1) is 16.3 Å². The molecule has 0 aliphatic heterocycles. The van der Waals surface area contributed by atoms with Crippen LogP contribution < -0.4 is 5.32 Å². The largest absolute Gasteiger partial charge is 0.326 e. The second kappa shape index (κ2) is 5.67. The third-order valence-electron chi connectivity index (χ3n) is 2.59. The Morgan fingerprint density at radius 1 is 1.00 bits per heavy atom. The zero-order chi connectivity index (χ0) is 13.8. The monoisotopic (exact) mass is 273 g/mol. The van der Waals surface area contributed by atoms with Crippen LogP contribution in [0.2, 0.25) is 5.02 Å². The van der Waals surface area contributed by atoms with Crippen molar-refractivity contribution >= 4 is 29.0 Å². The molecule has 96 valence electrons. The van der Waals surface area contributed by atoms with Crippen LogP contribution >= 0.6 is 11.6 Å². The minimum absolute atomic E-state index is 0.213. The van der Waals surface area contributed by atoms with Gasteiger partial charge in [-0.2, -0.15) is 0 Å². The highest BCUT2D eigenvalue weighted by Crippen LogP contribution is 2.27.